The molecule has 80 valence electrons. The predicted molar refractivity (Wildman–Crippen MR) is 61.9 cm³/mol. The molecule has 0 unspecified atom stereocenters. The van der Waals surface area contributed by atoms with Crippen LogP contribution < -0.4 is 5.73 Å². The summed E-state index contributed by atoms with van der Waals surface area (Å²) in [6.07, 6.45) is 0. The van der Waals surface area contributed by atoms with E-state index in [4.69, 9.17) is 18.0 Å². The first kappa shape index (κ1) is 11.5. The maximum Gasteiger partial charge on any atom is 0.257 e. The summed E-state index contributed by atoms with van der Waals surface area (Å²) in [5, 5.41) is 9.45. The molecule has 0 spiro atoms. The number of amides is 1. The van der Waals surface area contributed by atoms with Crippen LogP contribution in [0.4, 0.5) is 0 Å². The van der Waals surface area contributed by atoms with E-state index in [2.05, 4.69) is 0 Å². The van der Waals surface area contributed by atoms with Crippen molar-refractivity contribution in [3.8, 4) is 5.75 Å². The van der Waals surface area contributed by atoms with Gasteiger partial charge in [-0.15, -0.1) is 0 Å². The minimum Gasteiger partial charge on any atom is -0.507 e. The topological polar surface area (TPSA) is 66.6 Å². The van der Waals surface area contributed by atoms with Gasteiger partial charge >= 0.3 is 0 Å². The highest BCUT2D eigenvalue weighted by molar-refractivity contribution is 7.80. The van der Waals surface area contributed by atoms with Gasteiger partial charge in [-0.1, -0.05) is 24.4 Å². The number of carbonyl (C=O) groups is 1. The monoisotopic (exact) mass is 224 g/mol. The molecule has 1 rings (SSSR count). The van der Waals surface area contributed by atoms with E-state index in [1.165, 1.54) is 11.0 Å². The second-order valence-corrected chi connectivity index (χ2v) is 3.67. The number of rotatable bonds is 3. The predicted octanol–water partition coefficient (Wildman–Crippen LogP) is 0.750. The quantitative estimate of drug-likeness (QED) is 0.743. The average molecular weight is 224 g/mol. The number of hydrogen-bond donors (Lipinski definition) is 2. The van der Waals surface area contributed by atoms with Crippen molar-refractivity contribution in [2.24, 2.45) is 5.73 Å². The van der Waals surface area contributed by atoms with Crippen molar-refractivity contribution >= 4 is 23.1 Å². The van der Waals surface area contributed by atoms with Gasteiger partial charge in [-0.3, -0.25) is 4.79 Å². The van der Waals surface area contributed by atoms with E-state index in [0.717, 1.165) is 0 Å². The zero-order chi connectivity index (χ0) is 11.4. The molecular formula is C10H12N2O2S. The molecule has 1 amide bonds. The Morgan fingerprint density at radius 2 is 2.13 bits per heavy atom. The van der Waals surface area contributed by atoms with Crippen LogP contribution in [0.15, 0.2) is 24.3 Å². The van der Waals surface area contributed by atoms with Crippen LogP contribution in [0.25, 0.3) is 0 Å². The van der Waals surface area contributed by atoms with Gasteiger partial charge < -0.3 is 15.7 Å². The zero-order valence-corrected chi connectivity index (χ0v) is 9.12. The van der Waals surface area contributed by atoms with E-state index < -0.39 is 0 Å². The summed E-state index contributed by atoms with van der Waals surface area (Å²) in [5.74, 6) is -0.349. The molecule has 0 saturated heterocycles. The summed E-state index contributed by atoms with van der Waals surface area (Å²) in [6.45, 7) is 0.197. The number of nitrogens with zero attached hydrogens (tertiary/aromatic N) is 1. The number of phenolic OH excluding ortho intramolecular Hbond substituents is 1. The van der Waals surface area contributed by atoms with E-state index in [1.807, 2.05) is 0 Å². The molecule has 0 heterocycles. The minimum atomic E-state index is -0.305. The van der Waals surface area contributed by atoms with Gasteiger partial charge in [-0.25, -0.2) is 0 Å². The van der Waals surface area contributed by atoms with Crippen LogP contribution in [0, 0.1) is 0 Å². The molecule has 0 atom stereocenters. The normalized spacial score (nSPS) is 9.67. The maximum atomic E-state index is 11.8. The standard InChI is InChI=1S/C10H12N2O2S/c1-12(6-9(11)15)10(14)7-4-2-3-5-8(7)13/h2-5,13H,6H2,1H3,(H2,11,15). The molecule has 0 aromatic heterocycles. The molecule has 15 heavy (non-hydrogen) atoms. The lowest BCUT2D eigenvalue weighted by molar-refractivity contribution is 0.0812. The van der Waals surface area contributed by atoms with Gasteiger partial charge in [0.2, 0.25) is 0 Å². The number of benzene rings is 1. The van der Waals surface area contributed by atoms with Crippen molar-refractivity contribution in [2.75, 3.05) is 13.6 Å². The number of aromatic hydroxyl groups is 1. The Hall–Kier alpha value is -1.62. The van der Waals surface area contributed by atoms with Crippen molar-refractivity contribution in [1.29, 1.82) is 0 Å². The largest absolute Gasteiger partial charge is 0.507 e. The summed E-state index contributed by atoms with van der Waals surface area (Å²) in [4.78, 5) is 13.3. The number of thiocarbonyl (C=S) groups is 1. The molecule has 0 aliphatic rings. The van der Waals surface area contributed by atoms with E-state index in [0.29, 0.717) is 0 Å². The molecule has 1 aromatic rings. The van der Waals surface area contributed by atoms with Crippen molar-refractivity contribution in [3.63, 3.8) is 0 Å². The van der Waals surface area contributed by atoms with Gasteiger partial charge in [0.1, 0.15) is 5.75 Å². The van der Waals surface area contributed by atoms with Crippen LogP contribution in [0.1, 0.15) is 10.4 Å². The molecule has 3 N–H and O–H groups in total. The Morgan fingerprint density at radius 3 is 2.67 bits per heavy atom. The lowest BCUT2D eigenvalue weighted by atomic mass is 10.2. The Kier molecular flexibility index (Phi) is 3.62. The van der Waals surface area contributed by atoms with E-state index >= 15 is 0 Å². The number of hydrogen-bond acceptors (Lipinski definition) is 3. The van der Waals surface area contributed by atoms with E-state index in [-0.39, 0.29) is 28.8 Å². The van der Waals surface area contributed by atoms with E-state index in [1.54, 1.807) is 25.2 Å². The first-order chi connectivity index (χ1) is 7.02. The zero-order valence-electron chi connectivity index (χ0n) is 8.30. The van der Waals surface area contributed by atoms with Gasteiger partial charge in [0.15, 0.2) is 0 Å². The summed E-state index contributed by atoms with van der Waals surface area (Å²) in [7, 11) is 1.58. The molecular weight excluding hydrogens is 212 g/mol. The van der Waals surface area contributed by atoms with Crippen molar-refractivity contribution in [3.05, 3.63) is 29.8 Å². The average Bonchev–Trinajstić information content (AvgIpc) is 2.16. The molecule has 0 bridgehead atoms. The molecule has 0 fully saturated rings. The Balaban J connectivity index is 2.85. The first-order valence-corrected chi connectivity index (χ1v) is 4.75. The molecule has 5 heteroatoms. The van der Waals surface area contributed by atoms with Crippen LogP contribution in [0.2, 0.25) is 0 Å². The fraction of sp³-hybridized carbons (Fsp3) is 0.200. The van der Waals surface area contributed by atoms with Gasteiger partial charge in [-0.2, -0.15) is 0 Å². The molecule has 0 radical (unpaired) electrons. The summed E-state index contributed by atoms with van der Waals surface area (Å²) >= 11 is 4.70. The molecule has 4 nitrogen and oxygen atoms in total. The summed E-state index contributed by atoms with van der Waals surface area (Å²) < 4.78 is 0. The Labute approximate surface area is 93.3 Å². The van der Waals surface area contributed by atoms with Gasteiger partial charge in [0, 0.05) is 7.05 Å². The third-order valence-electron chi connectivity index (χ3n) is 1.87. The highest BCUT2D eigenvalue weighted by atomic mass is 32.1. The second kappa shape index (κ2) is 4.75. The van der Waals surface area contributed by atoms with Crippen molar-refractivity contribution in [1.82, 2.24) is 4.90 Å². The number of phenols is 1. The molecule has 1 aromatic carbocycles. The van der Waals surface area contributed by atoms with Crippen LogP contribution in [0.5, 0.6) is 5.75 Å². The van der Waals surface area contributed by atoms with Gasteiger partial charge in [0.25, 0.3) is 5.91 Å². The lowest BCUT2D eigenvalue weighted by Gasteiger charge is -2.16. The Morgan fingerprint density at radius 1 is 1.53 bits per heavy atom. The molecule has 0 aliphatic carbocycles. The number of para-hydroxylation sites is 1. The fourth-order valence-electron chi connectivity index (χ4n) is 1.17. The molecule has 0 aliphatic heterocycles. The number of nitrogens with two attached hydrogens (primary N) is 1. The van der Waals surface area contributed by atoms with Crippen LogP contribution in [0.3, 0.4) is 0 Å². The number of likely N-dealkylation sites (N-methyl/N-ethyl adjacent to an activating group) is 1. The maximum absolute atomic E-state index is 11.8. The summed E-state index contributed by atoms with van der Waals surface area (Å²) in [5.41, 5.74) is 5.57. The first-order valence-electron chi connectivity index (χ1n) is 4.34. The fourth-order valence-corrected chi connectivity index (χ4v) is 1.36. The van der Waals surface area contributed by atoms with Gasteiger partial charge in [-0.05, 0) is 12.1 Å². The van der Waals surface area contributed by atoms with Crippen LogP contribution in [-0.2, 0) is 0 Å². The third kappa shape index (κ3) is 2.92. The minimum absolute atomic E-state index is 0.0442. The molecule has 0 saturated carbocycles. The van der Waals surface area contributed by atoms with Gasteiger partial charge in [0.05, 0.1) is 17.1 Å². The van der Waals surface area contributed by atoms with Crippen LogP contribution >= 0.6 is 12.2 Å². The number of carbonyl (C=O) groups excluding carboxylic acids is 1. The second-order valence-electron chi connectivity index (χ2n) is 3.14. The smallest absolute Gasteiger partial charge is 0.257 e. The van der Waals surface area contributed by atoms with Crippen LogP contribution in [-0.4, -0.2) is 34.5 Å². The van der Waals surface area contributed by atoms with E-state index in [9.17, 15) is 9.90 Å². The highest BCUT2D eigenvalue weighted by Gasteiger charge is 2.15. The highest BCUT2D eigenvalue weighted by Crippen LogP contribution is 2.16. The lowest BCUT2D eigenvalue weighted by Crippen LogP contribution is -2.34. The summed E-state index contributed by atoms with van der Waals surface area (Å²) in [6, 6.07) is 6.34. The van der Waals surface area contributed by atoms with Crippen molar-refractivity contribution in [2.45, 2.75) is 0 Å². The SMILES string of the molecule is CN(CC(N)=S)C(=O)c1ccccc1O. The third-order valence-corrected chi connectivity index (χ3v) is 2.00. The van der Waals surface area contributed by atoms with Crippen molar-refractivity contribution < 1.29 is 9.90 Å². The Bertz CT molecular complexity index is 393.